The molecule has 0 unspecified atom stereocenters. The average molecular weight is 374 g/mol. The highest BCUT2D eigenvalue weighted by molar-refractivity contribution is 6.06. The molecule has 2 heterocycles. The third-order valence-electron chi connectivity index (χ3n) is 5.32. The number of anilines is 2. The number of hydrogen-bond donors (Lipinski definition) is 1. The minimum absolute atomic E-state index is 0.0508. The third kappa shape index (κ3) is 2.87. The molecule has 28 heavy (non-hydrogen) atoms. The fourth-order valence-corrected chi connectivity index (χ4v) is 3.66. The zero-order chi connectivity index (χ0) is 19.3. The first-order valence-electron chi connectivity index (χ1n) is 9.39. The lowest BCUT2D eigenvalue weighted by Gasteiger charge is -2.18. The quantitative estimate of drug-likeness (QED) is 0.713. The number of fused-ring (bicyclic) bond motifs is 2. The number of para-hydroxylation sites is 1. The molecule has 0 radical (unpaired) electrons. The fraction of sp³-hybridized carbons (Fsp3) is 0.227. The van der Waals surface area contributed by atoms with Crippen LogP contribution in [0.2, 0.25) is 0 Å². The van der Waals surface area contributed by atoms with Gasteiger partial charge in [-0.1, -0.05) is 24.3 Å². The highest BCUT2D eigenvalue weighted by Crippen LogP contribution is 2.37. The molecule has 2 amide bonds. The van der Waals surface area contributed by atoms with E-state index in [1.54, 1.807) is 24.3 Å². The van der Waals surface area contributed by atoms with Crippen LogP contribution in [-0.2, 0) is 11.2 Å². The molecule has 140 valence electrons. The summed E-state index contributed by atoms with van der Waals surface area (Å²) in [6, 6.07) is 14.1. The molecule has 5 rings (SSSR count). The molecule has 2 aliphatic rings. The number of benzene rings is 2. The van der Waals surface area contributed by atoms with Crippen molar-refractivity contribution in [1.82, 2.24) is 0 Å². The monoisotopic (exact) mass is 374 g/mol. The van der Waals surface area contributed by atoms with E-state index in [-0.39, 0.29) is 17.4 Å². The Bertz CT molecular complexity index is 1180. The molecule has 2 aromatic carbocycles. The second-order valence-electron chi connectivity index (χ2n) is 7.30. The first-order chi connectivity index (χ1) is 13.6. The van der Waals surface area contributed by atoms with Crippen LogP contribution in [0.4, 0.5) is 11.4 Å². The molecule has 0 spiro atoms. The van der Waals surface area contributed by atoms with Crippen LogP contribution in [0.1, 0.15) is 28.8 Å². The average Bonchev–Trinajstić information content (AvgIpc) is 3.46. The molecule has 1 aromatic heterocycles. The number of carbonyl (C=O) groups excluding carboxylic acids is 2. The van der Waals surface area contributed by atoms with Gasteiger partial charge in [0.2, 0.25) is 5.91 Å². The van der Waals surface area contributed by atoms with Crippen LogP contribution in [-0.4, -0.2) is 18.4 Å². The lowest BCUT2D eigenvalue weighted by Crippen LogP contribution is -2.30. The topological polar surface area (TPSA) is 79.6 Å². The highest BCUT2D eigenvalue weighted by Gasteiger charge is 2.36. The van der Waals surface area contributed by atoms with E-state index in [1.165, 1.54) is 6.07 Å². The normalized spacial score (nSPS) is 15.5. The number of carbonyl (C=O) groups is 2. The first kappa shape index (κ1) is 16.7. The number of hydrogen-bond acceptors (Lipinski definition) is 4. The van der Waals surface area contributed by atoms with Gasteiger partial charge in [0.1, 0.15) is 11.1 Å². The van der Waals surface area contributed by atoms with Gasteiger partial charge in [-0.25, -0.2) is 4.79 Å². The molecular weight excluding hydrogens is 356 g/mol. The van der Waals surface area contributed by atoms with Crippen LogP contribution in [0.15, 0.2) is 57.7 Å². The van der Waals surface area contributed by atoms with Gasteiger partial charge < -0.3 is 14.6 Å². The SMILES string of the molecule is O=C(Nc1ccc2c(c1)N(C(=O)C1CC1)CC2)c1cc2ccccc2oc1=O. The van der Waals surface area contributed by atoms with Crippen LogP contribution < -0.4 is 15.8 Å². The van der Waals surface area contributed by atoms with Gasteiger partial charge in [0.05, 0.1) is 0 Å². The van der Waals surface area contributed by atoms with Gasteiger partial charge in [-0.15, -0.1) is 0 Å². The predicted molar refractivity (Wildman–Crippen MR) is 106 cm³/mol. The molecular formula is C22H18N2O4. The van der Waals surface area contributed by atoms with Gasteiger partial charge in [-0.05, 0) is 49.1 Å². The Morgan fingerprint density at radius 2 is 1.89 bits per heavy atom. The summed E-state index contributed by atoms with van der Waals surface area (Å²) in [4.78, 5) is 39.1. The van der Waals surface area contributed by atoms with Gasteiger partial charge >= 0.3 is 5.63 Å². The van der Waals surface area contributed by atoms with Crippen molar-refractivity contribution in [3.8, 4) is 0 Å². The van der Waals surface area contributed by atoms with Gasteiger partial charge in [0.25, 0.3) is 5.91 Å². The van der Waals surface area contributed by atoms with Gasteiger partial charge in [0.15, 0.2) is 0 Å². The van der Waals surface area contributed by atoms with Gasteiger partial charge in [0, 0.05) is 29.2 Å². The Labute approximate surface area is 160 Å². The lowest BCUT2D eigenvalue weighted by atomic mass is 10.1. The second-order valence-corrected chi connectivity index (χ2v) is 7.30. The van der Waals surface area contributed by atoms with Crippen molar-refractivity contribution < 1.29 is 14.0 Å². The Morgan fingerprint density at radius 3 is 2.71 bits per heavy atom. The summed E-state index contributed by atoms with van der Waals surface area (Å²) in [5.74, 6) is -0.221. The largest absolute Gasteiger partial charge is 0.422 e. The van der Waals surface area contributed by atoms with Crippen molar-refractivity contribution in [2.45, 2.75) is 19.3 Å². The van der Waals surface area contributed by atoms with E-state index in [0.717, 1.165) is 30.5 Å². The van der Waals surface area contributed by atoms with Crippen LogP contribution >= 0.6 is 0 Å². The molecule has 1 N–H and O–H groups in total. The summed E-state index contributed by atoms with van der Waals surface area (Å²) in [7, 11) is 0. The smallest absolute Gasteiger partial charge is 0.349 e. The van der Waals surface area contributed by atoms with Crippen molar-refractivity contribution in [3.05, 3.63) is 70.1 Å². The third-order valence-corrected chi connectivity index (χ3v) is 5.32. The first-order valence-corrected chi connectivity index (χ1v) is 9.39. The van der Waals surface area contributed by atoms with Crippen LogP contribution in [0.5, 0.6) is 0 Å². The molecule has 1 fully saturated rings. The summed E-state index contributed by atoms with van der Waals surface area (Å²) < 4.78 is 5.24. The summed E-state index contributed by atoms with van der Waals surface area (Å²) in [6.07, 6.45) is 2.73. The Morgan fingerprint density at radius 1 is 1.07 bits per heavy atom. The fourth-order valence-electron chi connectivity index (χ4n) is 3.66. The van der Waals surface area contributed by atoms with E-state index in [2.05, 4.69) is 5.32 Å². The lowest BCUT2D eigenvalue weighted by molar-refractivity contribution is -0.119. The van der Waals surface area contributed by atoms with Crippen LogP contribution in [0.3, 0.4) is 0 Å². The van der Waals surface area contributed by atoms with Crippen molar-refractivity contribution in [2.75, 3.05) is 16.8 Å². The molecule has 3 aromatic rings. The van der Waals surface area contributed by atoms with Crippen molar-refractivity contribution in [2.24, 2.45) is 5.92 Å². The van der Waals surface area contributed by atoms with Crippen molar-refractivity contribution >= 4 is 34.2 Å². The Kier molecular flexibility index (Phi) is 3.79. The molecule has 0 bridgehead atoms. The molecule has 1 aliphatic heterocycles. The zero-order valence-electron chi connectivity index (χ0n) is 15.1. The summed E-state index contributed by atoms with van der Waals surface area (Å²) in [5.41, 5.74) is 2.20. The zero-order valence-corrected chi connectivity index (χ0v) is 15.1. The molecule has 0 saturated heterocycles. The standard InChI is InChI=1S/C22H18N2O4/c25-20(17-11-15-3-1-2-4-19(15)28-22(17)27)23-16-8-7-13-9-10-24(18(13)12-16)21(26)14-5-6-14/h1-4,7-8,11-12,14H,5-6,9-10H2,(H,23,25). The van der Waals surface area contributed by atoms with E-state index in [4.69, 9.17) is 4.42 Å². The second kappa shape index (κ2) is 6.34. The minimum Gasteiger partial charge on any atom is -0.422 e. The maximum Gasteiger partial charge on any atom is 0.349 e. The van der Waals surface area contributed by atoms with E-state index in [9.17, 15) is 14.4 Å². The van der Waals surface area contributed by atoms with E-state index >= 15 is 0 Å². The summed E-state index contributed by atoms with van der Waals surface area (Å²) >= 11 is 0. The van der Waals surface area contributed by atoms with E-state index in [1.807, 2.05) is 23.1 Å². The van der Waals surface area contributed by atoms with Crippen LogP contribution in [0.25, 0.3) is 11.0 Å². The Hall–Kier alpha value is -3.41. The number of nitrogens with one attached hydrogen (secondary N) is 1. The molecule has 1 saturated carbocycles. The molecule has 1 aliphatic carbocycles. The predicted octanol–water partition coefficient (Wildman–Crippen LogP) is 3.34. The molecule has 6 nitrogen and oxygen atoms in total. The highest BCUT2D eigenvalue weighted by atomic mass is 16.4. The van der Waals surface area contributed by atoms with Crippen LogP contribution in [0, 0.1) is 5.92 Å². The van der Waals surface area contributed by atoms with E-state index < -0.39 is 11.5 Å². The summed E-state index contributed by atoms with van der Waals surface area (Å²) in [5, 5.41) is 3.44. The minimum atomic E-state index is -0.678. The van der Waals surface area contributed by atoms with E-state index in [0.29, 0.717) is 23.2 Å². The van der Waals surface area contributed by atoms with Gasteiger partial charge in [-0.3, -0.25) is 9.59 Å². The summed E-state index contributed by atoms with van der Waals surface area (Å²) in [6.45, 7) is 0.677. The number of nitrogens with zero attached hydrogens (tertiary/aromatic N) is 1. The molecule has 0 atom stereocenters. The maximum absolute atomic E-state index is 12.7. The van der Waals surface area contributed by atoms with Crippen molar-refractivity contribution in [3.63, 3.8) is 0 Å². The number of amides is 2. The maximum atomic E-state index is 12.7. The van der Waals surface area contributed by atoms with Gasteiger partial charge in [-0.2, -0.15) is 0 Å². The van der Waals surface area contributed by atoms with Crippen molar-refractivity contribution in [1.29, 1.82) is 0 Å². The Balaban J connectivity index is 1.43. The number of rotatable bonds is 3. The molecule has 6 heteroatoms.